The second-order valence-corrected chi connectivity index (χ2v) is 2.95. The van der Waals surface area contributed by atoms with Crippen LogP contribution in [0.5, 0.6) is 0 Å². The van der Waals surface area contributed by atoms with Crippen molar-refractivity contribution in [2.24, 2.45) is 5.73 Å². The topological polar surface area (TPSA) is 83.6 Å². The minimum absolute atomic E-state index is 0. The summed E-state index contributed by atoms with van der Waals surface area (Å²) < 4.78 is 9.85. The van der Waals surface area contributed by atoms with Crippen LogP contribution in [-0.4, -0.2) is 22.5 Å². The molecule has 0 heterocycles. The van der Waals surface area contributed by atoms with E-state index in [0.29, 0.717) is 0 Å². The van der Waals surface area contributed by atoms with Crippen LogP contribution in [0, 0.1) is 0 Å². The summed E-state index contributed by atoms with van der Waals surface area (Å²) in [5, 5.41) is 0. The Bertz CT molecular complexity index is 91.3. The zero-order valence-electron chi connectivity index (χ0n) is 4.15. The van der Waals surface area contributed by atoms with Gasteiger partial charge < -0.3 is 15.5 Å². The van der Waals surface area contributed by atoms with E-state index in [2.05, 4.69) is 0 Å². The normalized spacial score (nSPS) is 10.4. The van der Waals surface area contributed by atoms with E-state index in [1.54, 1.807) is 0 Å². The second-order valence-electron chi connectivity index (χ2n) is 1.18. The quantitative estimate of drug-likeness (QED) is 0.579. The molecule has 0 atom stereocenters. The molecule has 0 saturated heterocycles. The summed E-state index contributed by atoms with van der Waals surface area (Å²) in [6.07, 6.45) is -0.215. The van der Waals surface area contributed by atoms with E-state index in [1.807, 2.05) is 0 Å². The summed E-state index contributed by atoms with van der Waals surface area (Å²) in [6.45, 7) is 0.0459. The molecular formula is C2H8NO3PW. The van der Waals surface area contributed by atoms with Gasteiger partial charge in [0.25, 0.3) is 0 Å². The zero-order chi connectivity index (χ0) is 5.91. The third-order valence-corrected chi connectivity index (χ3v) is 1.26. The SMILES string of the molecule is NCCP(=O)(O)O.[W]. The third kappa shape index (κ3) is 9.93. The maximum Gasteiger partial charge on any atom is 0.326 e. The Hall–Kier alpha value is 0.798. The van der Waals surface area contributed by atoms with Crippen LogP contribution in [0.4, 0.5) is 0 Å². The fourth-order valence-electron chi connectivity index (χ4n) is 0.168. The standard InChI is InChI=1S/C2H8NO3P.W/c3-1-2-7(4,5)6;/h1-3H2,(H2,4,5,6);. The molecule has 0 spiro atoms. The molecule has 0 saturated carbocycles. The minimum Gasteiger partial charge on any atom is -0.330 e. The first-order valence-corrected chi connectivity index (χ1v) is 3.60. The Morgan fingerprint density at radius 2 is 1.88 bits per heavy atom. The number of hydrogen-bond donors (Lipinski definition) is 3. The molecule has 0 aliphatic rings. The van der Waals surface area contributed by atoms with E-state index >= 15 is 0 Å². The second kappa shape index (κ2) is 4.66. The van der Waals surface area contributed by atoms with Crippen molar-refractivity contribution < 1.29 is 35.4 Å². The summed E-state index contributed by atoms with van der Waals surface area (Å²) in [5.41, 5.74) is 4.82. The zero-order valence-corrected chi connectivity index (χ0v) is 7.98. The van der Waals surface area contributed by atoms with Crippen LogP contribution < -0.4 is 5.73 Å². The monoisotopic (exact) mass is 309 g/mol. The predicted molar refractivity (Wildman–Crippen MR) is 26.0 cm³/mol. The van der Waals surface area contributed by atoms with Crippen LogP contribution in [0.3, 0.4) is 0 Å². The largest absolute Gasteiger partial charge is 0.330 e. The van der Waals surface area contributed by atoms with Crippen LogP contribution in [0.1, 0.15) is 0 Å². The Labute approximate surface area is 61.9 Å². The molecule has 8 heavy (non-hydrogen) atoms. The smallest absolute Gasteiger partial charge is 0.326 e. The molecule has 6 heteroatoms. The van der Waals surface area contributed by atoms with Gasteiger partial charge in [0.15, 0.2) is 0 Å². The Balaban J connectivity index is 0. The van der Waals surface area contributed by atoms with Gasteiger partial charge in [-0.2, -0.15) is 0 Å². The molecule has 0 bridgehead atoms. The Morgan fingerprint density at radius 1 is 1.50 bits per heavy atom. The van der Waals surface area contributed by atoms with Crippen LogP contribution in [0.15, 0.2) is 0 Å². The van der Waals surface area contributed by atoms with Crippen LogP contribution >= 0.6 is 7.60 Å². The van der Waals surface area contributed by atoms with Gasteiger partial charge in [0.05, 0.1) is 6.16 Å². The van der Waals surface area contributed by atoms with Gasteiger partial charge in [0, 0.05) is 27.6 Å². The van der Waals surface area contributed by atoms with Gasteiger partial charge in [-0.3, -0.25) is 4.57 Å². The Morgan fingerprint density at radius 3 is 1.88 bits per heavy atom. The number of nitrogens with two attached hydrogens (primary N) is 1. The van der Waals surface area contributed by atoms with E-state index in [0.717, 1.165) is 0 Å². The van der Waals surface area contributed by atoms with Gasteiger partial charge in [-0.1, -0.05) is 0 Å². The molecule has 4 nitrogen and oxygen atoms in total. The van der Waals surface area contributed by atoms with Crippen LogP contribution in [0.2, 0.25) is 0 Å². The first kappa shape index (κ1) is 11.6. The fourth-order valence-corrected chi connectivity index (χ4v) is 0.505. The summed E-state index contributed by atoms with van der Waals surface area (Å²) in [4.78, 5) is 16.1. The molecule has 4 N–H and O–H groups in total. The van der Waals surface area contributed by atoms with Crippen molar-refractivity contribution in [3.63, 3.8) is 0 Å². The van der Waals surface area contributed by atoms with Gasteiger partial charge in [-0.15, -0.1) is 0 Å². The maximum atomic E-state index is 9.85. The van der Waals surface area contributed by atoms with Crippen molar-refractivity contribution in [1.29, 1.82) is 0 Å². The van der Waals surface area contributed by atoms with Crippen LogP contribution in [-0.2, 0) is 25.6 Å². The third-order valence-electron chi connectivity index (χ3n) is 0.420. The van der Waals surface area contributed by atoms with Gasteiger partial charge in [-0.25, -0.2) is 0 Å². The molecular weight excluding hydrogens is 301 g/mol. The minimum atomic E-state index is -3.79. The molecule has 0 aliphatic heterocycles. The van der Waals surface area contributed by atoms with E-state index in [1.165, 1.54) is 0 Å². The van der Waals surface area contributed by atoms with Gasteiger partial charge in [-0.05, 0) is 0 Å². The van der Waals surface area contributed by atoms with E-state index < -0.39 is 7.60 Å². The number of rotatable bonds is 2. The molecule has 0 unspecified atom stereocenters. The Kier molecular flexibility index (Phi) is 6.74. The molecule has 0 amide bonds. The molecule has 50 valence electrons. The summed E-state index contributed by atoms with van der Waals surface area (Å²) in [7, 11) is -3.79. The molecule has 0 aromatic rings. The van der Waals surface area contributed by atoms with Crippen molar-refractivity contribution in [2.75, 3.05) is 12.7 Å². The molecule has 0 rings (SSSR count). The average Bonchev–Trinajstić information content (AvgIpc) is 1.30. The van der Waals surface area contributed by atoms with Crippen molar-refractivity contribution >= 4 is 7.60 Å². The van der Waals surface area contributed by atoms with Crippen molar-refractivity contribution in [2.45, 2.75) is 0 Å². The molecule has 0 fully saturated rings. The van der Waals surface area contributed by atoms with Crippen molar-refractivity contribution in [3.8, 4) is 0 Å². The summed E-state index contributed by atoms with van der Waals surface area (Å²) in [5.74, 6) is 0. The van der Waals surface area contributed by atoms with Gasteiger partial charge in [0.1, 0.15) is 0 Å². The van der Waals surface area contributed by atoms with E-state index in [9.17, 15) is 4.57 Å². The van der Waals surface area contributed by atoms with Gasteiger partial charge >= 0.3 is 7.60 Å². The maximum absolute atomic E-state index is 9.85. The van der Waals surface area contributed by atoms with Crippen molar-refractivity contribution in [3.05, 3.63) is 0 Å². The van der Waals surface area contributed by atoms with E-state index in [-0.39, 0.29) is 33.8 Å². The predicted octanol–water partition coefficient (Wildman–Crippen LogP) is -0.880. The molecule has 0 aliphatic carbocycles. The first-order valence-electron chi connectivity index (χ1n) is 1.81. The summed E-state index contributed by atoms with van der Waals surface area (Å²) in [6, 6.07) is 0. The fraction of sp³-hybridized carbons (Fsp3) is 1.00. The molecule has 0 radical (unpaired) electrons. The van der Waals surface area contributed by atoms with E-state index in [4.69, 9.17) is 15.5 Å². The molecule has 0 aromatic heterocycles. The first-order chi connectivity index (χ1) is 3.06. The van der Waals surface area contributed by atoms with Crippen molar-refractivity contribution in [1.82, 2.24) is 0 Å². The average molecular weight is 309 g/mol. The summed E-state index contributed by atoms with van der Waals surface area (Å²) >= 11 is 0. The molecule has 0 aromatic carbocycles. The number of hydrogen-bond acceptors (Lipinski definition) is 2. The van der Waals surface area contributed by atoms with Gasteiger partial charge in [0.2, 0.25) is 0 Å². The van der Waals surface area contributed by atoms with Crippen LogP contribution in [0.25, 0.3) is 0 Å².